The Morgan fingerprint density at radius 3 is 2.42 bits per heavy atom. The molecule has 0 aliphatic heterocycles. The van der Waals surface area contributed by atoms with Crippen molar-refractivity contribution in [2.45, 2.75) is 6.18 Å². The predicted molar refractivity (Wildman–Crippen MR) is 93.2 cm³/mol. The molecule has 0 aliphatic carbocycles. The number of aromatic nitrogens is 1. The van der Waals surface area contributed by atoms with E-state index in [9.17, 15) is 18.4 Å². The molecule has 0 amide bonds. The van der Waals surface area contributed by atoms with Crippen LogP contribution in [0, 0.1) is 11.3 Å². The summed E-state index contributed by atoms with van der Waals surface area (Å²) in [6.45, 7) is 0. The Balaban J connectivity index is 1.96. The van der Waals surface area contributed by atoms with Crippen LogP contribution in [0.3, 0.4) is 0 Å². The number of fused-ring (bicyclic) bond motifs is 1. The molecule has 0 atom stereocenters. The first-order valence-electron chi connectivity index (χ1n) is 7.64. The maximum Gasteiger partial charge on any atom is 0.417 e. The molecule has 0 aliphatic rings. The Labute approximate surface area is 148 Å². The van der Waals surface area contributed by atoms with Crippen LogP contribution >= 0.6 is 0 Å². The van der Waals surface area contributed by atoms with E-state index >= 15 is 0 Å². The molecule has 0 fully saturated rings. The van der Waals surface area contributed by atoms with Crippen molar-refractivity contribution in [2.24, 2.45) is 0 Å². The zero-order valence-electron chi connectivity index (χ0n) is 13.7. The van der Waals surface area contributed by atoms with Crippen molar-refractivity contribution in [2.75, 3.05) is 7.11 Å². The Kier molecular flexibility index (Phi) is 4.63. The van der Waals surface area contributed by atoms with Crippen molar-refractivity contribution >= 4 is 22.4 Å². The van der Waals surface area contributed by atoms with Crippen LogP contribution in [0.25, 0.3) is 22.4 Å². The lowest BCUT2D eigenvalue weighted by Gasteiger charge is -2.07. The number of ether oxygens (including phenoxy) is 1. The molecule has 1 heterocycles. The highest BCUT2D eigenvalue weighted by atomic mass is 19.4. The van der Waals surface area contributed by atoms with Gasteiger partial charge in [-0.3, -0.25) is 4.98 Å². The summed E-state index contributed by atoms with van der Waals surface area (Å²) in [5.74, 6) is 0.743. The summed E-state index contributed by atoms with van der Waals surface area (Å²) in [5.41, 5.74) is 0.279. The van der Waals surface area contributed by atoms with Gasteiger partial charge in [-0.05, 0) is 52.7 Å². The molecule has 0 bridgehead atoms. The van der Waals surface area contributed by atoms with Gasteiger partial charge in [-0.1, -0.05) is 18.2 Å². The number of allylic oxidation sites excluding steroid dienone is 1. The number of hydrogen-bond donors (Lipinski definition) is 0. The Bertz CT molecular complexity index is 1020. The summed E-state index contributed by atoms with van der Waals surface area (Å²) >= 11 is 0. The molecule has 0 unspecified atom stereocenters. The Morgan fingerprint density at radius 2 is 1.81 bits per heavy atom. The van der Waals surface area contributed by atoms with Crippen LogP contribution in [-0.4, -0.2) is 12.1 Å². The number of rotatable bonds is 3. The topological polar surface area (TPSA) is 45.9 Å². The van der Waals surface area contributed by atoms with E-state index in [1.807, 2.05) is 42.5 Å². The normalized spacial score (nSPS) is 12.0. The minimum absolute atomic E-state index is 0.187. The standard InChI is InChI=1S/C20H13F3N2O/c1-26-18-6-4-14-8-13(2-3-15(14)10-18)9-16(11-24)19-7-5-17(12-25-19)20(21,22)23/h2-10,12H,1H3/b16-9+. The minimum Gasteiger partial charge on any atom is -0.497 e. The van der Waals surface area contributed by atoms with Crippen molar-refractivity contribution in [3.8, 4) is 11.8 Å². The summed E-state index contributed by atoms with van der Waals surface area (Å²) < 4.78 is 43.1. The van der Waals surface area contributed by atoms with Crippen LogP contribution < -0.4 is 4.74 Å². The lowest BCUT2D eigenvalue weighted by atomic mass is 10.0. The molecule has 26 heavy (non-hydrogen) atoms. The van der Waals surface area contributed by atoms with Crippen molar-refractivity contribution in [3.05, 3.63) is 71.5 Å². The van der Waals surface area contributed by atoms with Gasteiger partial charge < -0.3 is 4.74 Å². The van der Waals surface area contributed by atoms with E-state index in [4.69, 9.17) is 4.74 Å². The fraction of sp³-hybridized carbons (Fsp3) is 0.100. The molecule has 0 N–H and O–H groups in total. The second kappa shape index (κ2) is 6.89. The lowest BCUT2D eigenvalue weighted by molar-refractivity contribution is -0.137. The van der Waals surface area contributed by atoms with E-state index in [2.05, 4.69) is 4.98 Å². The monoisotopic (exact) mass is 354 g/mol. The number of nitriles is 1. The molecule has 0 radical (unpaired) electrons. The summed E-state index contributed by atoms with van der Waals surface area (Å²) in [4.78, 5) is 3.77. The van der Waals surface area contributed by atoms with Gasteiger partial charge in [-0.15, -0.1) is 0 Å². The molecule has 2 aromatic carbocycles. The van der Waals surface area contributed by atoms with Gasteiger partial charge >= 0.3 is 6.18 Å². The van der Waals surface area contributed by atoms with Gasteiger partial charge in [0.15, 0.2) is 0 Å². The first kappa shape index (κ1) is 17.5. The molecule has 3 aromatic rings. The van der Waals surface area contributed by atoms with E-state index < -0.39 is 11.7 Å². The van der Waals surface area contributed by atoms with E-state index in [1.54, 1.807) is 13.2 Å². The lowest BCUT2D eigenvalue weighted by Crippen LogP contribution is -2.05. The fourth-order valence-corrected chi connectivity index (χ4v) is 2.51. The number of alkyl halides is 3. The van der Waals surface area contributed by atoms with E-state index in [1.165, 1.54) is 6.07 Å². The minimum atomic E-state index is -4.46. The van der Waals surface area contributed by atoms with Crippen LogP contribution in [0.2, 0.25) is 0 Å². The van der Waals surface area contributed by atoms with Gasteiger partial charge in [0.05, 0.1) is 23.9 Å². The molecular weight excluding hydrogens is 341 g/mol. The van der Waals surface area contributed by atoms with Crippen molar-refractivity contribution in [1.29, 1.82) is 5.26 Å². The maximum atomic E-state index is 12.6. The highest BCUT2D eigenvalue weighted by Crippen LogP contribution is 2.29. The van der Waals surface area contributed by atoms with Gasteiger partial charge in [0.25, 0.3) is 0 Å². The van der Waals surface area contributed by atoms with Gasteiger partial charge in [0, 0.05) is 6.20 Å². The van der Waals surface area contributed by atoms with Crippen LogP contribution in [0.5, 0.6) is 5.75 Å². The zero-order chi connectivity index (χ0) is 18.7. The van der Waals surface area contributed by atoms with Gasteiger partial charge in [0.2, 0.25) is 0 Å². The molecule has 0 saturated heterocycles. The van der Waals surface area contributed by atoms with Gasteiger partial charge in [0.1, 0.15) is 11.8 Å². The zero-order valence-corrected chi connectivity index (χ0v) is 13.7. The Hall–Kier alpha value is -3.33. The predicted octanol–water partition coefficient (Wildman–Crippen LogP) is 5.33. The number of benzene rings is 2. The quantitative estimate of drug-likeness (QED) is 0.598. The SMILES string of the molecule is COc1ccc2cc(/C=C(\C#N)c3ccc(C(F)(F)F)cn3)ccc2c1. The molecule has 0 saturated carbocycles. The van der Waals surface area contributed by atoms with Crippen molar-refractivity contribution in [1.82, 2.24) is 4.98 Å². The molecule has 6 heteroatoms. The number of halogens is 3. The first-order valence-corrected chi connectivity index (χ1v) is 7.64. The third-order valence-corrected chi connectivity index (χ3v) is 3.87. The smallest absolute Gasteiger partial charge is 0.417 e. The maximum absolute atomic E-state index is 12.6. The highest BCUT2D eigenvalue weighted by Gasteiger charge is 2.30. The molecular formula is C20H13F3N2O. The number of hydrogen-bond acceptors (Lipinski definition) is 3. The average molecular weight is 354 g/mol. The highest BCUT2D eigenvalue weighted by molar-refractivity contribution is 5.92. The second-order valence-corrected chi connectivity index (χ2v) is 5.57. The third-order valence-electron chi connectivity index (χ3n) is 3.87. The average Bonchev–Trinajstić information content (AvgIpc) is 2.65. The summed E-state index contributed by atoms with van der Waals surface area (Å²) in [5, 5.41) is 11.3. The molecule has 130 valence electrons. The van der Waals surface area contributed by atoms with Crippen molar-refractivity contribution < 1.29 is 17.9 Å². The van der Waals surface area contributed by atoms with Crippen LogP contribution in [0.15, 0.2) is 54.7 Å². The molecule has 3 rings (SSSR count). The largest absolute Gasteiger partial charge is 0.497 e. The number of nitrogens with zero attached hydrogens (tertiary/aromatic N) is 2. The molecule has 0 spiro atoms. The van der Waals surface area contributed by atoms with E-state index in [-0.39, 0.29) is 11.3 Å². The fourth-order valence-electron chi connectivity index (χ4n) is 2.51. The number of methoxy groups -OCH3 is 1. The summed E-state index contributed by atoms with van der Waals surface area (Å²) in [7, 11) is 1.59. The third kappa shape index (κ3) is 3.67. The summed E-state index contributed by atoms with van der Waals surface area (Å²) in [6, 6.07) is 15.3. The van der Waals surface area contributed by atoms with Gasteiger partial charge in [-0.25, -0.2) is 0 Å². The van der Waals surface area contributed by atoms with Gasteiger partial charge in [-0.2, -0.15) is 18.4 Å². The molecule has 1 aromatic heterocycles. The Morgan fingerprint density at radius 1 is 1.08 bits per heavy atom. The van der Waals surface area contributed by atoms with Crippen molar-refractivity contribution in [3.63, 3.8) is 0 Å². The molecule has 3 nitrogen and oxygen atoms in total. The summed E-state index contributed by atoms with van der Waals surface area (Å²) in [6.07, 6.45) is -2.13. The second-order valence-electron chi connectivity index (χ2n) is 5.57. The number of pyridine rings is 1. The van der Waals surface area contributed by atoms with E-state index in [0.29, 0.717) is 0 Å². The van der Waals surface area contributed by atoms with Crippen LogP contribution in [0.1, 0.15) is 16.8 Å². The van der Waals surface area contributed by atoms with Crippen LogP contribution in [-0.2, 0) is 6.18 Å². The van der Waals surface area contributed by atoms with E-state index in [0.717, 1.165) is 34.3 Å². The first-order chi connectivity index (χ1) is 12.4. The van der Waals surface area contributed by atoms with Crippen LogP contribution in [0.4, 0.5) is 13.2 Å².